The zero-order chi connectivity index (χ0) is 26.5. The summed E-state index contributed by atoms with van der Waals surface area (Å²) in [6.07, 6.45) is 3.13. The fraction of sp³-hybridized carbons (Fsp3) is 0.483. The minimum absolute atomic E-state index is 0.0191. The van der Waals surface area contributed by atoms with Gasteiger partial charge in [-0.1, -0.05) is 24.3 Å². The van der Waals surface area contributed by atoms with Crippen molar-refractivity contribution in [2.75, 3.05) is 60.0 Å². The van der Waals surface area contributed by atoms with Crippen LogP contribution in [0.2, 0.25) is 0 Å². The number of nitrogens with zero attached hydrogens (tertiary/aromatic N) is 5. The normalized spacial score (nSPS) is 17.6. The summed E-state index contributed by atoms with van der Waals surface area (Å²) in [7, 11) is 3.83. The van der Waals surface area contributed by atoms with Gasteiger partial charge in [-0.2, -0.15) is 0 Å². The minimum Gasteiger partial charge on any atom is -0.497 e. The number of piperazine rings is 1. The molecule has 1 aromatic heterocycles. The molecule has 0 unspecified atom stereocenters. The van der Waals surface area contributed by atoms with Crippen molar-refractivity contribution in [3.63, 3.8) is 0 Å². The number of hydrogen-bond acceptors (Lipinski definition) is 6. The summed E-state index contributed by atoms with van der Waals surface area (Å²) in [5.41, 5.74) is 2.82. The largest absolute Gasteiger partial charge is 0.497 e. The third-order valence-electron chi connectivity index (χ3n) is 7.91. The summed E-state index contributed by atoms with van der Waals surface area (Å²) in [5.74, 6) is 0.783. The lowest BCUT2D eigenvalue weighted by atomic mass is 10.0. The number of aryl methyl sites for hydroxylation is 2. The monoisotopic (exact) mass is 518 g/mol. The number of nitrogens with one attached hydrogen (secondary N) is 1. The second-order valence-electron chi connectivity index (χ2n) is 10.3. The van der Waals surface area contributed by atoms with E-state index in [1.54, 1.807) is 7.11 Å². The molecule has 2 fully saturated rings. The number of benzene rings is 2. The molecule has 5 rings (SSSR count). The van der Waals surface area contributed by atoms with Crippen LogP contribution in [0.3, 0.4) is 0 Å². The molecule has 0 radical (unpaired) electrons. The average molecular weight is 519 g/mol. The summed E-state index contributed by atoms with van der Waals surface area (Å²) in [6.45, 7) is 6.08. The molecule has 2 aliphatic rings. The van der Waals surface area contributed by atoms with E-state index in [2.05, 4.69) is 27.1 Å². The molecule has 0 atom stereocenters. The van der Waals surface area contributed by atoms with E-state index in [0.717, 1.165) is 54.9 Å². The van der Waals surface area contributed by atoms with Gasteiger partial charge in [-0.15, -0.1) is 0 Å². The first-order chi connectivity index (χ1) is 18.5. The number of rotatable bonds is 8. The highest BCUT2D eigenvalue weighted by Gasteiger charge is 2.28. The molecule has 3 heterocycles. The van der Waals surface area contributed by atoms with Gasteiger partial charge in [-0.05, 0) is 69.2 Å². The maximum absolute atomic E-state index is 13.2. The third kappa shape index (κ3) is 6.00. The molecule has 38 heavy (non-hydrogen) atoms. The maximum Gasteiger partial charge on any atom is 0.287 e. The highest BCUT2D eigenvalue weighted by atomic mass is 16.5. The minimum atomic E-state index is -0.325. The van der Waals surface area contributed by atoms with Crippen LogP contribution in [0.4, 0.5) is 0 Å². The SMILES string of the molecule is COc1ccc(CCn2c(C(=O)NCC(=O)N3CCN(C4CCN(C)CC4)CC3)nc3ccccc32)cc1. The summed E-state index contributed by atoms with van der Waals surface area (Å²) in [5, 5.41) is 2.84. The van der Waals surface area contributed by atoms with Crippen LogP contribution in [0, 0.1) is 0 Å². The van der Waals surface area contributed by atoms with Crippen LogP contribution in [0.25, 0.3) is 11.0 Å². The van der Waals surface area contributed by atoms with Gasteiger partial charge in [0.15, 0.2) is 5.82 Å². The number of aromatic nitrogens is 2. The molecule has 2 aromatic carbocycles. The molecule has 202 valence electrons. The van der Waals surface area contributed by atoms with Crippen molar-refractivity contribution >= 4 is 22.8 Å². The number of imidazole rings is 1. The number of hydrogen-bond donors (Lipinski definition) is 1. The topological polar surface area (TPSA) is 82.9 Å². The fourth-order valence-electron chi connectivity index (χ4n) is 5.55. The van der Waals surface area contributed by atoms with Gasteiger partial charge >= 0.3 is 0 Å². The standard InChI is InChI=1S/C29H38N6O3/c1-32-14-12-23(13-15-32)33-17-19-34(20-18-33)27(36)21-30-29(37)28-31-25-5-3-4-6-26(25)35(28)16-11-22-7-9-24(38-2)10-8-22/h3-10,23H,11-21H2,1-2H3,(H,30,37). The Labute approximate surface area is 224 Å². The Morgan fingerprint density at radius 1 is 0.974 bits per heavy atom. The van der Waals surface area contributed by atoms with Crippen molar-refractivity contribution in [3.8, 4) is 5.75 Å². The molecular formula is C29H38N6O3. The molecule has 2 saturated heterocycles. The van der Waals surface area contributed by atoms with Gasteiger partial charge in [0.05, 0.1) is 24.7 Å². The van der Waals surface area contributed by atoms with Gasteiger partial charge < -0.3 is 24.4 Å². The van der Waals surface area contributed by atoms with Crippen molar-refractivity contribution < 1.29 is 14.3 Å². The van der Waals surface area contributed by atoms with E-state index in [-0.39, 0.29) is 18.4 Å². The lowest BCUT2D eigenvalue weighted by Gasteiger charge is -2.42. The van der Waals surface area contributed by atoms with E-state index in [0.29, 0.717) is 31.5 Å². The van der Waals surface area contributed by atoms with Crippen molar-refractivity contribution in [2.24, 2.45) is 0 Å². The molecule has 9 heteroatoms. The van der Waals surface area contributed by atoms with Crippen LogP contribution >= 0.6 is 0 Å². The molecule has 0 spiro atoms. The van der Waals surface area contributed by atoms with Gasteiger partial charge in [0.25, 0.3) is 5.91 Å². The van der Waals surface area contributed by atoms with Crippen LogP contribution < -0.4 is 10.1 Å². The molecule has 1 N–H and O–H groups in total. The number of ether oxygens (including phenoxy) is 1. The van der Waals surface area contributed by atoms with E-state index < -0.39 is 0 Å². The lowest BCUT2D eigenvalue weighted by molar-refractivity contribution is -0.132. The number of piperidine rings is 1. The molecule has 2 amide bonds. The maximum atomic E-state index is 13.2. The van der Waals surface area contributed by atoms with Crippen LogP contribution in [0.5, 0.6) is 5.75 Å². The highest BCUT2D eigenvalue weighted by molar-refractivity contribution is 5.96. The molecule has 3 aromatic rings. The smallest absolute Gasteiger partial charge is 0.287 e. The summed E-state index contributed by atoms with van der Waals surface area (Å²) < 4.78 is 7.20. The van der Waals surface area contributed by atoms with Crippen molar-refractivity contribution in [3.05, 3.63) is 59.9 Å². The average Bonchev–Trinajstić information content (AvgIpc) is 3.34. The second kappa shape index (κ2) is 12.0. The Morgan fingerprint density at radius 3 is 2.39 bits per heavy atom. The van der Waals surface area contributed by atoms with E-state index in [1.807, 2.05) is 58.0 Å². The fourth-order valence-corrected chi connectivity index (χ4v) is 5.55. The first-order valence-corrected chi connectivity index (χ1v) is 13.6. The Morgan fingerprint density at radius 2 is 1.68 bits per heavy atom. The predicted octanol–water partition coefficient (Wildman–Crippen LogP) is 2.26. The Kier molecular flexibility index (Phi) is 8.24. The lowest BCUT2D eigenvalue weighted by Crippen LogP contribution is -2.55. The van der Waals surface area contributed by atoms with Crippen LogP contribution in [0.1, 0.15) is 29.0 Å². The summed E-state index contributed by atoms with van der Waals surface area (Å²) in [6, 6.07) is 16.3. The zero-order valence-corrected chi connectivity index (χ0v) is 22.4. The van der Waals surface area contributed by atoms with Gasteiger partial charge in [0, 0.05) is 38.8 Å². The highest BCUT2D eigenvalue weighted by Crippen LogP contribution is 2.19. The van der Waals surface area contributed by atoms with Crippen molar-refractivity contribution in [1.29, 1.82) is 0 Å². The second-order valence-corrected chi connectivity index (χ2v) is 10.3. The first-order valence-electron chi connectivity index (χ1n) is 13.6. The van der Waals surface area contributed by atoms with Crippen molar-refractivity contribution in [1.82, 2.24) is 29.6 Å². The van der Waals surface area contributed by atoms with Gasteiger partial charge in [0.2, 0.25) is 5.91 Å². The van der Waals surface area contributed by atoms with Gasteiger partial charge in [-0.3, -0.25) is 14.5 Å². The quantitative estimate of drug-likeness (QED) is 0.493. The molecule has 0 aliphatic carbocycles. The third-order valence-corrected chi connectivity index (χ3v) is 7.91. The van der Waals surface area contributed by atoms with E-state index >= 15 is 0 Å². The molecule has 2 aliphatic heterocycles. The van der Waals surface area contributed by atoms with E-state index in [4.69, 9.17) is 4.74 Å². The Bertz CT molecular complexity index is 1240. The van der Waals surface area contributed by atoms with E-state index in [9.17, 15) is 9.59 Å². The van der Waals surface area contributed by atoms with E-state index in [1.165, 1.54) is 12.8 Å². The molecule has 0 saturated carbocycles. The van der Waals surface area contributed by atoms with Gasteiger partial charge in [0.1, 0.15) is 5.75 Å². The number of amides is 2. The number of methoxy groups -OCH3 is 1. The predicted molar refractivity (Wildman–Crippen MR) is 147 cm³/mol. The summed E-state index contributed by atoms with van der Waals surface area (Å²) in [4.78, 5) is 37.5. The molecule has 0 bridgehead atoms. The Hall–Kier alpha value is -3.43. The Balaban J connectivity index is 1.18. The van der Waals surface area contributed by atoms with Crippen LogP contribution in [-0.4, -0.2) is 102 Å². The molecule has 9 nitrogen and oxygen atoms in total. The van der Waals surface area contributed by atoms with Crippen LogP contribution in [0.15, 0.2) is 48.5 Å². The number of para-hydroxylation sites is 2. The number of carbonyl (C=O) groups is 2. The zero-order valence-electron chi connectivity index (χ0n) is 22.4. The number of fused-ring (bicyclic) bond motifs is 1. The number of likely N-dealkylation sites (tertiary alicyclic amines) is 1. The number of carbonyl (C=O) groups excluding carboxylic acids is 2. The first kappa shape index (κ1) is 26.2. The van der Waals surface area contributed by atoms with Gasteiger partial charge in [-0.25, -0.2) is 4.98 Å². The summed E-state index contributed by atoms with van der Waals surface area (Å²) >= 11 is 0. The molecular weight excluding hydrogens is 480 g/mol. The van der Waals surface area contributed by atoms with Crippen molar-refractivity contribution in [2.45, 2.75) is 31.8 Å². The van der Waals surface area contributed by atoms with Crippen LogP contribution in [-0.2, 0) is 17.8 Å².